The molecule has 0 unspecified atom stereocenters. The Hall–Kier alpha value is -6.90. The highest BCUT2D eigenvalue weighted by molar-refractivity contribution is 5.98. The summed E-state index contributed by atoms with van der Waals surface area (Å²) in [5, 5.41) is 42.2. The highest BCUT2D eigenvalue weighted by atomic mass is 16.4. The molecule has 78 heavy (non-hydrogen) atoms. The average molecular weight is 1100 g/mol. The molecule has 22 N–H and O–H groups in total. The van der Waals surface area contributed by atoms with Gasteiger partial charge in [0, 0.05) is 30.1 Å². The Morgan fingerprint density at radius 2 is 1.06 bits per heavy atom. The van der Waals surface area contributed by atoms with Crippen molar-refractivity contribution in [1.82, 2.24) is 52.8 Å². The summed E-state index contributed by atoms with van der Waals surface area (Å²) >= 11 is 0. The number of nitrogens with two attached hydrogens (primary N) is 5. The van der Waals surface area contributed by atoms with E-state index in [1.165, 1.54) is 6.92 Å². The Kier molecular flexibility index (Phi) is 31.2. The second-order valence-electron chi connectivity index (χ2n) is 20.2. The first-order chi connectivity index (χ1) is 37.1. The summed E-state index contributed by atoms with van der Waals surface area (Å²) in [5.74, 6) is -7.91. The predicted molar refractivity (Wildman–Crippen MR) is 297 cm³/mol. The Morgan fingerprint density at radius 3 is 1.55 bits per heavy atom. The number of fused-ring (bicyclic) bond motifs is 1. The summed E-state index contributed by atoms with van der Waals surface area (Å²) < 4.78 is 0. The average Bonchev–Trinajstić information content (AvgIpc) is 3.81. The molecule has 0 aliphatic rings. The number of carbonyl (C=O) groups is 9. The molecule has 1 aromatic carbocycles. The van der Waals surface area contributed by atoms with Gasteiger partial charge in [-0.25, -0.2) is 4.79 Å². The number of hydrogen-bond donors (Lipinski definition) is 17. The van der Waals surface area contributed by atoms with Crippen LogP contribution in [0.2, 0.25) is 0 Å². The summed E-state index contributed by atoms with van der Waals surface area (Å²) in [5.41, 5.74) is 29.9. The van der Waals surface area contributed by atoms with Crippen LogP contribution in [0.5, 0.6) is 0 Å². The zero-order valence-corrected chi connectivity index (χ0v) is 46.1. The lowest BCUT2D eigenvalue weighted by Crippen LogP contribution is -2.59. The molecule has 0 fully saturated rings. The van der Waals surface area contributed by atoms with E-state index in [9.17, 15) is 48.3 Å². The summed E-state index contributed by atoms with van der Waals surface area (Å²) in [6, 6.07) is -1.99. The molecule has 8 amide bonds. The number of H-pyrrole nitrogens is 1. The van der Waals surface area contributed by atoms with Crippen molar-refractivity contribution in [3.63, 3.8) is 0 Å². The van der Waals surface area contributed by atoms with Gasteiger partial charge in [-0.2, -0.15) is 0 Å². The fourth-order valence-corrected chi connectivity index (χ4v) is 8.37. The predicted octanol–water partition coefficient (Wildman–Crippen LogP) is -1.61. The number of unbranched alkanes of at least 4 members (excludes halogenated alkanes) is 3. The molecular weight excluding hydrogens is 1010 g/mol. The highest BCUT2D eigenvalue weighted by Crippen LogP contribution is 2.20. The fraction of sp³-hybridized carbons (Fsp3) is 0.654. The second-order valence-corrected chi connectivity index (χ2v) is 20.2. The van der Waals surface area contributed by atoms with Gasteiger partial charge in [0.25, 0.3) is 0 Å². The zero-order valence-electron chi connectivity index (χ0n) is 46.1. The van der Waals surface area contributed by atoms with E-state index in [0.29, 0.717) is 58.0 Å². The molecule has 0 aliphatic heterocycles. The van der Waals surface area contributed by atoms with Crippen molar-refractivity contribution in [1.29, 1.82) is 5.41 Å². The van der Waals surface area contributed by atoms with Gasteiger partial charge < -0.3 is 86.6 Å². The molecule has 0 spiro atoms. The summed E-state index contributed by atoms with van der Waals surface area (Å²) in [6.07, 6.45) is 5.57. The van der Waals surface area contributed by atoms with E-state index < -0.39 is 114 Å². The number of para-hydroxylation sites is 1. The van der Waals surface area contributed by atoms with Crippen LogP contribution in [0.3, 0.4) is 0 Å². The number of aromatic amines is 1. The topological polar surface area (TPSA) is 452 Å². The lowest BCUT2D eigenvalue weighted by Gasteiger charge is -2.28. The first-order valence-electron chi connectivity index (χ1n) is 27.2. The van der Waals surface area contributed by atoms with Crippen molar-refractivity contribution >= 4 is 70.1 Å². The monoisotopic (exact) mass is 1100 g/mol. The minimum Gasteiger partial charge on any atom is -0.480 e. The van der Waals surface area contributed by atoms with Gasteiger partial charge >= 0.3 is 5.97 Å². The van der Waals surface area contributed by atoms with Crippen LogP contribution in [0, 0.1) is 17.2 Å². The van der Waals surface area contributed by atoms with Crippen molar-refractivity contribution in [2.24, 2.45) is 40.5 Å². The molecule has 1 heterocycles. The maximum Gasteiger partial charge on any atom is 0.326 e. The van der Waals surface area contributed by atoms with Crippen LogP contribution in [0.4, 0.5) is 0 Å². The third-order valence-corrected chi connectivity index (χ3v) is 13.1. The quantitative estimate of drug-likeness (QED) is 0.0204. The Bertz CT molecular complexity index is 2260. The molecule has 26 nitrogen and oxygen atoms in total. The van der Waals surface area contributed by atoms with Gasteiger partial charge in [0.1, 0.15) is 42.3 Å². The standard InChI is InChI=1S/C52H90N16O10/c1-6-31(4)43(68-49(75)41(67-44(70)32(5)56)27-33-28-60-35-17-8-7-16-34(33)35)50(76)61-29-42(69)62-40(26-30(2)3)48(74)65-38(21-15-25-59-52(57)58)46(72)63-36(18-9-12-22-53)45(71)64-37(19-10-13-23-54)47(73)66-39(51(77)78)20-11-14-24-55/h7-8,16-17,28,30-32,36-41,43,60H,6,9-15,18-27,29,53-56H2,1-5H3,(H,61,76)(H,62,69)(H,63,72)(H,64,71)(H,65,74)(H,66,73)(H,67,70)(H,68,75)(H,77,78)(H4,57,58,59)/t31-,32-,36-,37-,38-,39-,40-,41-,43-/m0/s1. The number of hydrogen-bond acceptors (Lipinski definition) is 14. The molecule has 0 saturated heterocycles. The van der Waals surface area contributed by atoms with Gasteiger partial charge in [-0.1, -0.05) is 52.3 Å². The molecule has 1 aromatic heterocycles. The molecule has 0 saturated carbocycles. The number of guanidine groups is 1. The van der Waals surface area contributed by atoms with Gasteiger partial charge in [0.15, 0.2) is 5.96 Å². The van der Waals surface area contributed by atoms with Crippen LogP contribution in [0.15, 0.2) is 30.5 Å². The first-order valence-corrected chi connectivity index (χ1v) is 27.2. The number of rotatable bonds is 39. The number of amides is 8. The SMILES string of the molecule is CC[C@H](C)[C@H](NC(=O)[C@H](Cc1c[nH]c2ccccc12)NC(=O)[C@H](C)N)C(=O)NCC(=O)N[C@@H](CC(C)C)C(=O)N[C@@H](CCCNC(=N)N)C(=O)N[C@@H](CCCCN)C(=O)N[C@@H](CCCCN)C(=O)N[C@@H](CCCCN)C(=O)O. The van der Waals surface area contributed by atoms with E-state index in [-0.39, 0.29) is 69.9 Å². The molecule has 2 aromatic rings. The third-order valence-electron chi connectivity index (χ3n) is 13.1. The van der Waals surface area contributed by atoms with Crippen LogP contribution in [-0.4, -0.2) is 150 Å². The Balaban J connectivity index is 2.34. The van der Waals surface area contributed by atoms with Crippen LogP contribution >= 0.6 is 0 Å². The van der Waals surface area contributed by atoms with Gasteiger partial charge in [-0.05, 0) is 127 Å². The molecule has 26 heteroatoms. The smallest absolute Gasteiger partial charge is 0.326 e. The Morgan fingerprint density at radius 1 is 0.590 bits per heavy atom. The van der Waals surface area contributed by atoms with Crippen molar-refractivity contribution in [2.75, 3.05) is 32.7 Å². The normalized spacial score (nSPS) is 14.7. The maximum absolute atomic E-state index is 14.3. The summed E-state index contributed by atoms with van der Waals surface area (Å²) in [7, 11) is 0. The molecule has 2 rings (SSSR count). The van der Waals surface area contributed by atoms with Gasteiger partial charge in [-0.3, -0.25) is 43.8 Å². The fourth-order valence-electron chi connectivity index (χ4n) is 8.37. The maximum atomic E-state index is 14.3. The summed E-state index contributed by atoms with van der Waals surface area (Å²) in [6.45, 7) is 9.11. The minimum absolute atomic E-state index is 0.0292. The van der Waals surface area contributed by atoms with E-state index in [1.54, 1.807) is 13.1 Å². The number of carboxylic acid groups (broad SMARTS) is 1. The number of nitrogens with one attached hydrogen (secondary N) is 11. The highest BCUT2D eigenvalue weighted by Gasteiger charge is 2.34. The van der Waals surface area contributed by atoms with E-state index in [2.05, 4.69) is 52.8 Å². The lowest BCUT2D eigenvalue weighted by molar-refractivity contribution is -0.142. The number of benzene rings is 1. The number of carboxylic acids is 1. The first kappa shape index (κ1) is 67.2. The number of aliphatic carboxylic acids is 1. The van der Waals surface area contributed by atoms with Gasteiger partial charge in [0.2, 0.25) is 47.3 Å². The molecule has 438 valence electrons. The molecule has 0 bridgehead atoms. The number of aromatic nitrogens is 1. The van der Waals surface area contributed by atoms with Crippen LogP contribution in [-0.2, 0) is 49.6 Å². The van der Waals surface area contributed by atoms with Crippen molar-refractivity contribution < 1.29 is 48.3 Å². The van der Waals surface area contributed by atoms with E-state index in [1.807, 2.05) is 45.0 Å². The van der Waals surface area contributed by atoms with Gasteiger partial charge in [-0.15, -0.1) is 0 Å². The second kappa shape index (κ2) is 36.2. The van der Waals surface area contributed by atoms with Crippen molar-refractivity contribution in [2.45, 2.75) is 173 Å². The molecule has 0 radical (unpaired) electrons. The molecular formula is C52H90N16O10. The van der Waals surface area contributed by atoms with E-state index >= 15 is 0 Å². The Labute approximate surface area is 457 Å². The molecule has 9 atom stereocenters. The third kappa shape index (κ3) is 24.6. The minimum atomic E-state index is -1.31. The largest absolute Gasteiger partial charge is 0.480 e. The molecule has 0 aliphatic carbocycles. The zero-order chi connectivity index (χ0) is 58.3. The van der Waals surface area contributed by atoms with Crippen LogP contribution in [0.25, 0.3) is 10.9 Å². The van der Waals surface area contributed by atoms with Crippen molar-refractivity contribution in [3.05, 3.63) is 36.0 Å². The summed E-state index contributed by atoms with van der Waals surface area (Å²) in [4.78, 5) is 126. The van der Waals surface area contributed by atoms with Crippen LogP contribution in [0.1, 0.15) is 124 Å². The number of carbonyl (C=O) groups excluding carboxylic acids is 8. The van der Waals surface area contributed by atoms with Gasteiger partial charge in [0.05, 0.1) is 12.6 Å². The lowest BCUT2D eigenvalue weighted by atomic mass is 9.97. The van der Waals surface area contributed by atoms with E-state index in [0.717, 1.165) is 16.5 Å². The van der Waals surface area contributed by atoms with Crippen LogP contribution < -0.4 is 76.5 Å². The van der Waals surface area contributed by atoms with E-state index in [4.69, 9.17) is 34.1 Å². The van der Waals surface area contributed by atoms with Crippen molar-refractivity contribution in [3.8, 4) is 0 Å².